The van der Waals surface area contributed by atoms with Gasteiger partial charge >= 0.3 is 0 Å². The van der Waals surface area contributed by atoms with E-state index in [1.165, 1.54) is 12.1 Å². The van der Waals surface area contributed by atoms with E-state index in [2.05, 4.69) is 5.32 Å². The Morgan fingerprint density at radius 2 is 1.83 bits per heavy atom. The van der Waals surface area contributed by atoms with E-state index in [1.807, 2.05) is 30.3 Å². The molecule has 2 rings (SSSR count). The van der Waals surface area contributed by atoms with E-state index in [-0.39, 0.29) is 24.6 Å². The summed E-state index contributed by atoms with van der Waals surface area (Å²) in [5.41, 5.74) is 1.31. The summed E-state index contributed by atoms with van der Waals surface area (Å²) in [6.07, 6.45) is -0.351. The lowest BCUT2D eigenvalue weighted by molar-refractivity contribution is -0.126. The minimum absolute atomic E-state index is 0.0538. The van der Waals surface area contributed by atoms with Gasteiger partial charge in [-0.1, -0.05) is 48.5 Å². The van der Waals surface area contributed by atoms with Gasteiger partial charge in [-0.2, -0.15) is 0 Å². The maximum absolute atomic E-state index is 13.5. The molecular formula is C18H20FNO3. The number of amides is 1. The van der Waals surface area contributed by atoms with Crippen LogP contribution in [-0.4, -0.2) is 30.8 Å². The fourth-order valence-corrected chi connectivity index (χ4v) is 2.12. The molecule has 1 amide bonds. The average Bonchev–Trinajstić information content (AvgIpc) is 2.58. The van der Waals surface area contributed by atoms with Gasteiger partial charge in [-0.3, -0.25) is 4.79 Å². The molecule has 4 nitrogen and oxygen atoms in total. The van der Waals surface area contributed by atoms with Crippen molar-refractivity contribution >= 4 is 5.91 Å². The summed E-state index contributed by atoms with van der Waals surface area (Å²) in [6.45, 7) is 0.298. The molecule has 2 N–H and O–H groups in total. The maximum atomic E-state index is 13.5. The van der Waals surface area contributed by atoms with E-state index in [1.54, 1.807) is 12.1 Å². The molecule has 0 aromatic heterocycles. The van der Waals surface area contributed by atoms with Crippen LogP contribution >= 0.6 is 0 Å². The second kappa shape index (κ2) is 9.02. The number of carbonyl (C=O) groups excluding carboxylic acids is 1. The van der Waals surface area contributed by atoms with Crippen LogP contribution in [-0.2, 0) is 16.0 Å². The number of aliphatic hydroxyl groups excluding tert-OH is 1. The number of hydrogen-bond acceptors (Lipinski definition) is 3. The van der Waals surface area contributed by atoms with Crippen molar-refractivity contribution in [2.75, 3.05) is 19.8 Å². The van der Waals surface area contributed by atoms with Crippen LogP contribution < -0.4 is 5.32 Å². The standard InChI is InChI=1S/C18H20FNO3/c19-16-9-5-4-8-15(16)17(21)12-20-18(22)13-23-11-10-14-6-2-1-3-7-14/h1-9,17,21H,10-13H2,(H,20,22). The van der Waals surface area contributed by atoms with Crippen LogP contribution in [0.25, 0.3) is 0 Å². The number of rotatable bonds is 8. The summed E-state index contributed by atoms with van der Waals surface area (Å²) in [6, 6.07) is 15.8. The van der Waals surface area contributed by atoms with Gasteiger partial charge in [0, 0.05) is 12.1 Å². The minimum atomic E-state index is -1.08. The van der Waals surface area contributed by atoms with E-state index in [4.69, 9.17) is 4.74 Å². The number of aliphatic hydroxyl groups is 1. The van der Waals surface area contributed by atoms with Gasteiger partial charge in [0.25, 0.3) is 0 Å². The highest BCUT2D eigenvalue weighted by atomic mass is 19.1. The molecule has 1 unspecified atom stereocenters. The molecule has 0 radical (unpaired) electrons. The van der Waals surface area contributed by atoms with Crippen molar-refractivity contribution in [3.63, 3.8) is 0 Å². The summed E-state index contributed by atoms with van der Waals surface area (Å²) < 4.78 is 18.8. The lowest BCUT2D eigenvalue weighted by Gasteiger charge is -2.13. The molecular weight excluding hydrogens is 297 g/mol. The third-order valence-corrected chi connectivity index (χ3v) is 3.37. The topological polar surface area (TPSA) is 58.6 Å². The Kier molecular flexibility index (Phi) is 6.72. The quantitative estimate of drug-likeness (QED) is 0.734. The monoisotopic (exact) mass is 317 g/mol. The van der Waals surface area contributed by atoms with Gasteiger partial charge in [-0.05, 0) is 18.1 Å². The third kappa shape index (κ3) is 5.81. The molecule has 0 spiro atoms. The van der Waals surface area contributed by atoms with E-state index in [0.29, 0.717) is 6.61 Å². The summed E-state index contributed by atoms with van der Waals surface area (Å²) in [5, 5.41) is 12.4. The van der Waals surface area contributed by atoms with E-state index >= 15 is 0 Å². The Hall–Kier alpha value is -2.24. The Balaban J connectivity index is 1.64. The predicted molar refractivity (Wildman–Crippen MR) is 85.3 cm³/mol. The Labute approximate surface area is 134 Å². The van der Waals surface area contributed by atoms with E-state index in [0.717, 1.165) is 12.0 Å². The highest BCUT2D eigenvalue weighted by Crippen LogP contribution is 2.15. The molecule has 2 aromatic carbocycles. The largest absolute Gasteiger partial charge is 0.386 e. The molecule has 0 saturated carbocycles. The van der Waals surface area contributed by atoms with Gasteiger partial charge in [-0.15, -0.1) is 0 Å². The molecule has 0 aliphatic rings. The first-order chi connectivity index (χ1) is 11.2. The van der Waals surface area contributed by atoms with Gasteiger partial charge in [-0.25, -0.2) is 4.39 Å². The Morgan fingerprint density at radius 1 is 1.13 bits per heavy atom. The van der Waals surface area contributed by atoms with Crippen LogP contribution in [0, 0.1) is 5.82 Å². The Bertz CT molecular complexity index is 619. The second-order valence-corrected chi connectivity index (χ2v) is 5.13. The number of nitrogens with one attached hydrogen (secondary N) is 1. The van der Waals surface area contributed by atoms with Gasteiger partial charge in [0.1, 0.15) is 12.4 Å². The van der Waals surface area contributed by atoms with Gasteiger partial charge in [0.15, 0.2) is 0 Å². The molecule has 23 heavy (non-hydrogen) atoms. The van der Waals surface area contributed by atoms with Crippen molar-refractivity contribution in [3.8, 4) is 0 Å². The van der Waals surface area contributed by atoms with Crippen LogP contribution in [0.2, 0.25) is 0 Å². The first-order valence-corrected chi connectivity index (χ1v) is 7.47. The smallest absolute Gasteiger partial charge is 0.246 e. The number of halogens is 1. The SMILES string of the molecule is O=C(COCCc1ccccc1)NCC(O)c1ccccc1F. The van der Waals surface area contributed by atoms with Crippen LogP contribution in [0.3, 0.4) is 0 Å². The van der Waals surface area contributed by atoms with Gasteiger partial charge < -0.3 is 15.2 Å². The normalized spacial score (nSPS) is 11.9. The van der Waals surface area contributed by atoms with Crippen LogP contribution in [0.1, 0.15) is 17.2 Å². The van der Waals surface area contributed by atoms with Crippen molar-refractivity contribution in [1.82, 2.24) is 5.32 Å². The van der Waals surface area contributed by atoms with E-state index in [9.17, 15) is 14.3 Å². The van der Waals surface area contributed by atoms with Crippen LogP contribution in [0.4, 0.5) is 4.39 Å². The van der Waals surface area contributed by atoms with Crippen molar-refractivity contribution in [1.29, 1.82) is 0 Å². The fourth-order valence-electron chi connectivity index (χ4n) is 2.12. The fraction of sp³-hybridized carbons (Fsp3) is 0.278. The summed E-state index contributed by atoms with van der Waals surface area (Å²) in [5.74, 6) is -0.832. The Morgan fingerprint density at radius 3 is 2.57 bits per heavy atom. The zero-order valence-electron chi connectivity index (χ0n) is 12.7. The van der Waals surface area contributed by atoms with Crippen molar-refractivity contribution < 1.29 is 19.0 Å². The van der Waals surface area contributed by atoms with Crippen LogP contribution in [0.15, 0.2) is 54.6 Å². The molecule has 1 atom stereocenters. The average molecular weight is 317 g/mol. The molecule has 122 valence electrons. The zero-order valence-corrected chi connectivity index (χ0v) is 12.7. The summed E-state index contributed by atoms with van der Waals surface area (Å²) in [7, 11) is 0. The summed E-state index contributed by atoms with van der Waals surface area (Å²) in [4.78, 5) is 11.6. The molecule has 0 heterocycles. The summed E-state index contributed by atoms with van der Waals surface area (Å²) >= 11 is 0. The molecule has 0 bridgehead atoms. The molecule has 5 heteroatoms. The lowest BCUT2D eigenvalue weighted by atomic mass is 10.1. The third-order valence-electron chi connectivity index (χ3n) is 3.37. The van der Waals surface area contributed by atoms with Gasteiger partial charge in [0.2, 0.25) is 5.91 Å². The maximum Gasteiger partial charge on any atom is 0.246 e. The molecule has 0 saturated heterocycles. The molecule has 0 aliphatic heterocycles. The number of ether oxygens (including phenoxy) is 1. The van der Waals surface area contributed by atoms with Crippen LogP contribution in [0.5, 0.6) is 0 Å². The highest BCUT2D eigenvalue weighted by Gasteiger charge is 2.13. The van der Waals surface area contributed by atoms with E-state index < -0.39 is 11.9 Å². The number of benzene rings is 2. The van der Waals surface area contributed by atoms with Crippen molar-refractivity contribution in [2.45, 2.75) is 12.5 Å². The molecule has 0 aliphatic carbocycles. The second-order valence-electron chi connectivity index (χ2n) is 5.13. The zero-order chi connectivity index (χ0) is 16.5. The van der Waals surface area contributed by atoms with Crippen molar-refractivity contribution in [3.05, 3.63) is 71.5 Å². The molecule has 2 aromatic rings. The van der Waals surface area contributed by atoms with Gasteiger partial charge in [0.05, 0.1) is 12.7 Å². The first kappa shape index (κ1) is 17.1. The molecule has 0 fully saturated rings. The lowest BCUT2D eigenvalue weighted by Crippen LogP contribution is -2.32. The number of carbonyl (C=O) groups is 1. The first-order valence-electron chi connectivity index (χ1n) is 7.47. The number of hydrogen-bond donors (Lipinski definition) is 2. The van der Waals surface area contributed by atoms with Crippen molar-refractivity contribution in [2.24, 2.45) is 0 Å². The highest BCUT2D eigenvalue weighted by molar-refractivity contribution is 5.77. The predicted octanol–water partition coefficient (Wildman–Crippen LogP) is 2.23. The minimum Gasteiger partial charge on any atom is -0.386 e.